The van der Waals surface area contributed by atoms with Crippen LogP contribution in [-0.2, 0) is 0 Å². The lowest BCUT2D eigenvalue weighted by molar-refractivity contribution is 1.18. The van der Waals surface area contributed by atoms with Crippen LogP contribution in [0.25, 0.3) is 166 Å². The minimum Gasteiger partial charge on any atom is -0.310 e. The van der Waals surface area contributed by atoms with Gasteiger partial charge < -0.3 is 23.2 Å². The lowest BCUT2D eigenvalue weighted by Gasteiger charge is -2.26. The summed E-state index contributed by atoms with van der Waals surface area (Å²) in [7, 11) is 0. The summed E-state index contributed by atoms with van der Waals surface area (Å²) in [6.45, 7) is 0. The maximum absolute atomic E-state index is 2.44. The van der Waals surface area contributed by atoms with E-state index in [2.05, 4.69) is 405 Å². The lowest BCUT2D eigenvalue weighted by Crippen LogP contribution is -2.10. The molecule has 0 radical (unpaired) electrons. The van der Waals surface area contributed by atoms with E-state index in [0.29, 0.717) is 0 Å². The van der Waals surface area contributed by atoms with Crippen molar-refractivity contribution in [2.24, 2.45) is 0 Å². The first kappa shape index (κ1) is 57.7. The molecule has 20 aromatic rings. The molecule has 0 saturated carbocycles. The summed E-state index contributed by atoms with van der Waals surface area (Å²) in [5.41, 5.74) is 28.7. The maximum atomic E-state index is 2.44. The summed E-state index contributed by atoms with van der Waals surface area (Å²) in [6.07, 6.45) is 0. The Morgan fingerprint density at radius 1 is 0.139 bits per heavy atom. The van der Waals surface area contributed by atoms with Crippen molar-refractivity contribution in [3.8, 4) is 78.4 Å². The van der Waals surface area contributed by atoms with Crippen LogP contribution in [-0.4, -0.2) is 18.3 Å². The highest BCUT2D eigenvalue weighted by molar-refractivity contribution is 6.15. The number of hydrogen-bond donors (Lipinski definition) is 0. The Morgan fingerprint density at radius 2 is 0.376 bits per heavy atom. The van der Waals surface area contributed by atoms with Crippen molar-refractivity contribution in [1.82, 2.24) is 18.3 Å². The van der Waals surface area contributed by atoms with E-state index in [0.717, 1.165) is 95.3 Å². The highest BCUT2D eigenvalue weighted by atomic mass is 15.1. The Balaban J connectivity index is 0.753. The first-order valence-electron chi connectivity index (χ1n) is 34.7. The van der Waals surface area contributed by atoms with E-state index in [-0.39, 0.29) is 0 Å². The number of aromatic nitrogens is 4. The summed E-state index contributed by atoms with van der Waals surface area (Å²) in [5.74, 6) is 0. The summed E-state index contributed by atoms with van der Waals surface area (Å²) in [5, 5.41) is 9.64. The van der Waals surface area contributed by atoms with E-state index in [9.17, 15) is 0 Å². The van der Waals surface area contributed by atoms with Gasteiger partial charge in [-0.15, -0.1) is 0 Å². The summed E-state index contributed by atoms with van der Waals surface area (Å²) >= 11 is 0. The molecule has 0 saturated heterocycles. The molecule has 0 fully saturated rings. The van der Waals surface area contributed by atoms with E-state index in [1.165, 1.54) is 87.4 Å². The highest BCUT2D eigenvalue weighted by Gasteiger charge is 2.23. The molecule has 0 spiro atoms. The van der Waals surface area contributed by atoms with Gasteiger partial charge in [-0.05, 0) is 219 Å². The highest BCUT2D eigenvalue weighted by Crippen LogP contribution is 2.46. The smallest absolute Gasteiger partial charge is 0.0542 e. The van der Waals surface area contributed by atoms with Crippen molar-refractivity contribution in [3.63, 3.8) is 0 Å². The summed E-state index contributed by atoms with van der Waals surface area (Å²) in [4.78, 5) is 2.44. The second-order valence-corrected chi connectivity index (χ2v) is 26.5. The monoisotopic (exact) mass is 1290 g/mol. The molecule has 0 N–H and O–H groups in total. The van der Waals surface area contributed by atoms with Gasteiger partial charge in [-0.2, -0.15) is 0 Å². The van der Waals surface area contributed by atoms with Crippen LogP contribution in [0.5, 0.6) is 0 Å². The van der Waals surface area contributed by atoms with Gasteiger partial charge in [0.05, 0.1) is 44.1 Å². The van der Waals surface area contributed by atoms with Crippen LogP contribution in [0.4, 0.5) is 17.1 Å². The molecule has 5 nitrogen and oxygen atoms in total. The lowest BCUT2D eigenvalue weighted by atomic mass is 9.92. The zero-order valence-corrected chi connectivity index (χ0v) is 55.1. The molecule has 472 valence electrons. The summed E-state index contributed by atoms with van der Waals surface area (Å²) < 4.78 is 9.62. The van der Waals surface area contributed by atoms with Crippen molar-refractivity contribution < 1.29 is 0 Å². The molecule has 20 rings (SSSR count). The van der Waals surface area contributed by atoms with Gasteiger partial charge in [-0.3, -0.25) is 0 Å². The van der Waals surface area contributed by atoms with Crippen molar-refractivity contribution in [3.05, 3.63) is 382 Å². The zero-order chi connectivity index (χ0) is 66.5. The number of para-hydroxylation sites is 6. The van der Waals surface area contributed by atoms with Gasteiger partial charge >= 0.3 is 0 Å². The second-order valence-electron chi connectivity index (χ2n) is 26.5. The first-order chi connectivity index (χ1) is 50.1. The summed E-state index contributed by atoms with van der Waals surface area (Å²) in [6, 6.07) is 141. The fourth-order valence-electron chi connectivity index (χ4n) is 16.0. The van der Waals surface area contributed by atoms with Crippen molar-refractivity contribution in [1.29, 1.82) is 0 Å². The molecule has 4 heterocycles. The van der Waals surface area contributed by atoms with E-state index in [1.54, 1.807) is 0 Å². The Labute approximate surface area is 584 Å². The van der Waals surface area contributed by atoms with Crippen LogP contribution in [0.15, 0.2) is 382 Å². The van der Waals surface area contributed by atoms with Crippen molar-refractivity contribution in [2.45, 2.75) is 0 Å². The van der Waals surface area contributed by atoms with Crippen LogP contribution in [0.3, 0.4) is 0 Å². The molecule has 0 atom stereocenters. The van der Waals surface area contributed by atoms with Crippen LogP contribution in [0, 0.1) is 0 Å². The van der Waals surface area contributed by atoms with Crippen molar-refractivity contribution >= 4 is 104 Å². The number of rotatable bonds is 12. The molecule has 0 unspecified atom stereocenters. The van der Waals surface area contributed by atoms with Gasteiger partial charge in [-0.25, -0.2) is 0 Å². The average Bonchev–Trinajstić information content (AvgIpc) is 1.62. The molecule has 0 aliphatic carbocycles. The molecular weight excluding hydrogens is 1220 g/mol. The number of hydrogen-bond acceptors (Lipinski definition) is 1. The topological polar surface area (TPSA) is 23.0 Å². The number of fused-ring (bicyclic) bond motifs is 12. The molecule has 5 heteroatoms. The molecule has 4 aromatic heterocycles. The molecule has 0 bridgehead atoms. The van der Waals surface area contributed by atoms with E-state index in [1.807, 2.05) is 0 Å². The third kappa shape index (κ3) is 9.69. The van der Waals surface area contributed by atoms with Crippen LogP contribution in [0.1, 0.15) is 0 Å². The zero-order valence-electron chi connectivity index (χ0n) is 55.1. The van der Waals surface area contributed by atoms with Crippen LogP contribution >= 0.6 is 0 Å². The van der Waals surface area contributed by atoms with Gasteiger partial charge in [0.2, 0.25) is 0 Å². The minimum absolute atomic E-state index is 1.05. The van der Waals surface area contributed by atoms with Gasteiger partial charge in [0.1, 0.15) is 0 Å². The Kier molecular flexibility index (Phi) is 13.5. The maximum Gasteiger partial charge on any atom is 0.0542 e. The number of benzene rings is 16. The third-order valence-corrected chi connectivity index (χ3v) is 20.7. The molecule has 101 heavy (non-hydrogen) atoms. The third-order valence-electron chi connectivity index (χ3n) is 20.7. The van der Waals surface area contributed by atoms with Crippen LogP contribution in [0.2, 0.25) is 0 Å². The minimum atomic E-state index is 1.05. The number of nitrogens with zero attached hydrogens (tertiary/aromatic N) is 5. The number of anilines is 3. The van der Waals surface area contributed by atoms with E-state index >= 15 is 0 Å². The van der Waals surface area contributed by atoms with E-state index < -0.39 is 0 Å². The van der Waals surface area contributed by atoms with Gasteiger partial charge in [0.25, 0.3) is 0 Å². The van der Waals surface area contributed by atoms with E-state index in [4.69, 9.17) is 0 Å². The molecule has 0 amide bonds. The predicted molar refractivity (Wildman–Crippen MR) is 426 cm³/mol. The molecule has 0 aliphatic heterocycles. The fourth-order valence-corrected chi connectivity index (χ4v) is 16.0. The van der Waals surface area contributed by atoms with Gasteiger partial charge in [0.15, 0.2) is 0 Å². The van der Waals surface area contributed by atoms with Gasteiger partial charge in [-0.1, -0.05) is 218 Å². The Morgan fingerprint density at radius 3 is 0.743 bits per heavy atom. The van der Waals surface area contributed by atoms with Gasteiger partial charge in [0, 0.05) is 82.9 Å². The first-order valence-corrected chi connectivity index (χ1v) is 34.7. The quantitative estimate of drug-likeness (QED) is 0.120. The van der Waals surface area contributed by atoms with Crippen molar-refractivity contribution in [2.75, 3.05) is 4.90 Å². The molecular formula is C96H63N5. The second kappa shape index (κ2) is 23.7. The molecule has 0 aliphatic rings. The normalized spacial score (nSPS) is 11.8. The van der Waals surface area contributed by atoms with Crippen LogP contribution < -0.4 is 4.90 Å². The molecule has 16 aromatic carbocycles. The standard InChI is InChI=1S/C96H63N5/c1-5-21-64(22-6-1)66-37-47-77(48-38-66)100-89-33-17-13-29-81(89)85-60-69(43-53-93(85)100)72-57-71(58-73(59-72)70-44-54-94-86(61-70)82-30-14-18-34-90(82)101(94)78-49-39-67(40-50-78)65-23-7-2-8-24-65)68-41-45-76(46-42-68)97(79-51-55-95-87(62-79)83-31-15-19-35-91(83)98(95)74-25-9-3-10-26-74)80-52-56-96-88(63-80)84-32-16-20-36-92(84)99(96)75-27-11-4-12-28-75/h1-63H. The largest absolute Gasteiger partial charge is 0.310 e. The fraction of sp³-hybridized carbons (Fsp3) is 0. The average molecular weight is 1290 g/mol. The Hall–Kier alpha value is -13.5. The Bertz CT molecular complexity index is 6200. The predicted octanol–water partition coefficient (Wildman–Crippen LogP) is 25.9. The SMILES string of the molecule is c1ccc(-c2ccc(-n3c4ccccc4c4cc(-c5cc(-c6ccc(N(c7ccc8c(c7)c7ccccc7n8-c7ccccc7)c7ccc8c(c7)c7ccccc7n8-c7ccccc7)cc6)cc(-c6ccc7c(c6)c6ccccc6n7-c6ccc(-c7ccccc7)cc6)c5)ccc43)cc2)cc1.